The molecule has 1 fully saturated rings. The molecule has 1 saturated heterocycles. The number of aliphatic carboxylic acids is 1. The number of amides is 1. The number of benzene rings is 2. The molecule has 26 heavy (non-hydrogen) atoms. The molecular formula is C19H16Cl2FNO3. The van der Waals surface area contributed by atoms with Gasteiger partial charge in [0.05, 0.1) is 21.0 Å². The number of carbonyl (C=O) groups excluding carboxylic acids is 1. The minimum Gasteiger partial charge on any atom is -0.481 e. The number of rotatable bonds is 3. The van der Waals surface area contributed by atoms with Gasteiger partial charge in [0.2, 0.25) is 0 Å². The van der Waals surface area contributed by atoms with Crippen molar-refractivity contribution in [1.82, 2.24) is 4.90 Å². The monoisotopic (exact) mass is 395 g/mol. The molecule has 1 aliphatic rings. The van der Waals surface area contributed by atoms with E-state index in [4.69, 9.17) is 23.2 Å². The smallest absolute Gasteiger partial charge is 0.314 e. The largest absolute Gasteiger partial charge is 0.481 e. The Kier molecular flexibility index (Phi) is 5.21. The summed E-state index contributed by atoms with van der Waals surface area (Å²) in [5.41, 5.74) is -0.293. The van der Waals surface area contributed by atoms with Crippen LogP contribution >= 0.6 is 23.2 Å². The van der Waals surface area contributed by atoms with Crippen molar-refractivity contribution in [2.45, 2.75) is 18.3 Å². The topological polar surface area (TPSA) is 57.6 Å². The zero-order valence-electron chi connectivity index (χ0n) is 13.7. The summed E-state index contributed by atoms with van der Waals surface area (Å²) in [6.07, 6.45) is 0.539. The number of likely N-dealkylation sites (tertiary alicyclic amines) is 1. The summed E-state index contributed by atoms with van der Waals surface area (Å²) in [6, 6.07) is 11.2. The van der Waals surface area contributed by atoms with Gasteiger partial charge in [0.15, 0.2) is 0 Å². The third-order valence-corrected chi connectivity index (χ3v) is 5.48. The summed E-state index contributed by atoms with van der Waals surface area (Å²) in [4.78, 5) is 26.2. The lowest BCUT2D eigenvalue weighted by atomic mass is 9.73. The van der Waals surface area contributed by atoms with Gasteiger partial charge in [-0.2, -0.15) is 0 Å². The van der Waals surface area contributed by atoms with Crippen molar-refractivity contribution in [3.8, 4) is 0 Å². The second-order valence-electron chi connectivity index (χ2n) is 6.29. The Bertz CT molecular complexity index is 849. The molecule has 136 valence electrons. The predicted octanol–water partition coefficient (Wildman–Crippen LogP) is 4.39. The van der Waals surface area contributed by atoms with Crippen LogP contribution in [0.2, 0.25) is 10.0 Å². The molecule has 1 heterocycles. The standard InChI is InChI=1S/C19H16Cl2FNO3/c20-14-11-15(21)16(22)10-13(14)17(24)23-8-6-19(7-9-23,18(25)26)12-4-2-1-3-5-12/h1-5,10-11H,6-9H2,(H,25,26). The molecule has 0 aliphatic carbocycles. The Morgan fingerprint density at radius 2 is 1.65 bits per heavy atom. The van der Waals surface area contributed by atoms with E-state index in [9.17, 15) is 19.1 Å². The molecule has 1 aliphatic heterocycles. The maximum atomic E-state index is 13.7. The normalized spacial score (nSPS) is 16.3. The fourth-order valence-electron chi connectivity index (χ4n) is 3.33. The van der Waals surface area contributed by atoms with Gasteiger partial charge in [0.1, 0.15) is 5.82 Å². The van der Waals surface area contributed by atoms with Crippen LogP contribution in [0.3, 0.4) is 0 Å². The molecule has 0 saturated carbocycles. The molecule has 0 unspecified atom stereocenters. The van der Waals surface area contributed by atoms with Crippen LogP contribution in [0.25, 0.3) is 0 Å². The lowest BCUT2D eigenvalue weighted by Crippen LogP contribution is -2.49. The Hall–Kier alpha value is -2.11. The Morgan fingerprint density at radius 1 is 1.04 bits per heavy atom. The zero-order chi connectivity index (χ0) is 18.9. The van der Waals surface area contributed by atoms with Gasteiger partial charge < -0.3 is 10.0 Å². The molecule has 7 heteroatoms. The first-order valence-corrected chi connectivity index (χ1v) is 8.83. The molecule has 0 bridgehead atoms. The molecule has 4 nitrogen and oxygen atoms in total. The van der Waals surface area contributed by atoms with E-state index in [1.807, 2.05) is 6.07 Å². The molecule has 0 radical (unpaired) electrons. The second kappa shape index (κ2) is 7.25. The van der Waals surface area contributed by atoms with Crippen molar-refractivity contribution in [2.24, 2.45) is 0 Å². The lowest BCUT2D eigenvalue weighted by molar-refractivity contribution is -0.145. The lowest BCUT2D eigenvalue weighted by Gasteiger charge is -2.39. The summed E-state index contributed by atoms with van der Waals surface area (Å²) in [7, 11) is 0. The minimum absolute atomic E-state index is 0.0242. The fourth-order valence-corrected chi connectivity index (χ4v) is 3.80. The van der Waals surface area contributed by atoms with E-state index in [1.165, 1.54) is 11.0 Å². The predicted molar refractivity (Wildman–Crippen MR) is 97.3 cm³/mol. The Labute approximate surface area is 160 Å². The van der Waals surface area contributed by atoms with Gasteiger partial charge in [-0.05, 0) is 30.5 Å². The van der Waals surface area contributed by atoms with Crippen LogP contribution in [0, 0.1) is 5.82 Å². The van der Waals surface area contributed by atoms with E-state index >= 15 is 0 Å². The van der Waals surface area contributed by atoms with Crippen molar-refractivity contribution >= 4 is 35.1 Å². The summed E-state index contributed by atoms with van der Waals surface area (Å²) in [5.74, 6) is -2.07. The van der Waals surface area contributed by atoms with Gasteiger partial charge in [-0.15, -0.1) is 0 Å². The SMILES string of the molecule is O=C(c1cc(F)c(Cl)cc1Cl)N1CCC(C(=O)O)(c2ccccc2)CC1. The van der Waals surface area contributed by atoms with E-state index in [1.54, 1.807) is 24.3 Å². The van der Waals surface area contributed by atoms with Crippen LogP contribution < -0.4 is 0 Å². The molecule has 1 N–H and O–H groups in total. The highest BCUT2D eigenvalue weighted by Gasteiger charge is 2.44. The number of carboxylic acid groups (broad SMARTS) is 1. The second-order valence-corrected chi connectivity index (χ2v) is 7.11. The summed E-state index contributed by atoms with van der Waals surface area (Å²) in [6.45, 7) is 0.473. The highest BCUT2D eigenvalue weighted by atomic mass is 35.5. The van der Waals surface area contributed by atoms with E-state index in [-0.39, 0.29) is 41.5 Å². The van der Waals surface area contributed by atoms with Crippen molar-refractivity contribution in [2.75, 3.05) is 13.1 Å². The van der Waals surface area contributed by atoms with Gasteiger partial charge in [0, 0.05) is 13.1 Å². The van der Waals surface area contributed by atoms with Gasteiger partial charge >= 0.3 is 5.97 Å². The van der Waals surface area contributed by atoms with Crippen molar-refractivity contribution in [1.29, 1.82) is 0 Å². The van der Waals surface area contributed by atoms with Crippen LogP contribution in [0.15, 0.2) is 42.5 Å². The zero-order valence-corrected chi connectivity index (χ0v) is 15.2. The molecule has 2 aromatic carbocycles. The first-order chi connectivity index (χ1) is 12.3. The number of hydrogen-bond donors (Lipinski definition) is 1. The number of halogens is 3. The Morgan fingerprint density at radius 3 is 2.23 bits per heavy atom. The number of nitrogens with zero attached hydrogens (tertiary/aromatic N) is 1. The van der Waals surface area contributed by atoms with E-state index < -0.39 is 23.1 Å². The fraction of sp³-hybridized carbons (Fsp3) is 0.263. The van der Waals surface area contributed by atoms with Crippen LogP contribution in [-0.2, 0) is 10.2 Å². The van der Waals surface area contributed by atoms with Crippen LogP contribution in [-0.4, -0.2) is 35.0 Å². The molecule has 1 amide bonds. The third kappa shape index (κ3) is 3.29. The summed E-state index contributed by atoms with van der Waals surface area (Å²) >= 11 is 11.7. The van der Waals surface area contributed by atoms with Gasteiger partial charge in [-0.1, -0.05) is 53.5 Å². The van der Waals surface area contributed by atoms with E-state index in [2.05, 4.69) is 0 Å². The average molecular weight is 396 g/mol. The minimum atomic E-state index is -1.03. The molecular weight excluding hydrogens is 380 g/mol. The summed E-state index contributed by atoms with van der Waals surface area (Å²) in [5, 5.41) is 9.72. The Balaban J connectivity index is 1.82. The highest BCUT2D eigenvalue weighted by molar-refractivity contribution is 6.36. The van der Waals surface area contributed by atoms with E-state index in [0.29, 0.717) is 0 Å². The van der Waals surface area contributed by atoms with Gasteiger partial charge in [0.25, 0.3) is 5.91 Å². The number of carboxylic acids is 1. The quantitative estimate of drug-likeness (QED) is 0.783. The first-order valence-electron chi connectivity index (χ1n) is 8.08. The van der Waals surface area contributed by atoms with Crippen LogP contribution in [0.1, 0.15) is 28.8 Å². The van der Waals surface area contributed by atoms with Gasteiger partial charge in [-0.3, -0.25) is 9.59 Å². The van der Waals surface area contributed by atoms with Crippen LogP contribution in [0.5, 0.6) is 0 Å². The van der Waals surface area contributed by atoms with Gasteiger partial charge in [-0.25, -0.2) is 4.39 Å². The molecule has 0 aromatic heterocycles. The number of piperidine rings is 1. The molecule has 0 atom stereocenters. The highest BCUT2D eigenvalue weighted by Crippen LogP contribution is 2.37. The number of hydrogen-bond acceptors (Lipinski definition) is 2. The maximum absolute atomic E-state index is 13.7. The van der Waals surface area contributed by atoms with Crippen molar-refractivity contribution in [3.05, 3.63) is 69.5 Å². The molecule has 3 rings (SSSR count). The van der Waals surface area contributed by atoms with Crippen molar-refractivity contribution in [3.63, 3.8) is 0 Å². The summed E-state index contributed by atoms with van der Waals surface area (Å²) < 4.78 is 13.7. The first kappa shape index (κ1) is 18.7. The van der Waals surface area contributed by atoms with Crippen LogP contribution in [0.4, 0.5) is 4.39 Å². The molecule has 0 spiro atoms. The third-order valence-electron chi connectivity index (χ3n) is 4.88. The maximum Gasteiger partial charge on any atom is 0.314 e. The van der Waals surface area contributed by atoms with E-state index in [0.717, 1.165) is 11.6 Å². The average Bonchev–Trinajstić information content (AvgIpc) is 2.65. The molecule has 2 aromatic rings. The van der Waals surface area contributed by atoms with Crippen molar-refractivity contribution < 1.29 is 19.1 Å². The number of carbonyl (C=O) groups is 2.